The van der Waals surface area contributed by atoms with E-state index < -0.39 is 11.3 Å². The van der Waals surface area contributed by atoms with Crippen LogP contribution in [0.25, 0.3) is 22.1 Å². The van der Waals surface area contributed by atoms with Crippen LogP contribution < -0.4 is 0 Å². The number of likely N-dealkylation sites (tertiary alicyclic amines) is 1. The number of rotatable bonds is 3. The maximum absolute atomic E-state index is 13.5. The summed E-state index contributed by atoms with van der Waals surface area (Å²) < 4.78 is 5.47. The van der Waals surface area contributed by atoms with Gasteiger partial charge in [-0.2, -0.15) is 0 Å². The average molecular weight is 465 g/mol. The molecule has 4 aromatic rings. The maximum Gasteiger partial charge on any atom is 0.236 e. The molecule has 0 bridgehead atoms. The van der Waals surface area contributed by atoms with Gasteiger partial charge in [0, 0.05) is 29.1 Å². The summed E-state index contributed by atoms with van der Waals surface area (Å²) in [7, 11) is 1.67. The predicted molar refractivity (Wildman–Crippen MR) is 128 cm³/mol. The third-order valence-corrected chi connectivity index (χ3v) is 7.94. The fraction of sp³-hybridized carbons (Fsp3) is 0.200. The van der Waals surface area contributed by atoms with Crippen molar-refractivity contribution in [3.63, 3.8) is 0 Å². The lowest BCUT2D eigenvalue weighted by molar-refractivity contribution is -0.131. The van der Waals surface area contributed by atoms with Crippen LogP contribution in [0.5, 0.6) is 5.75 Å². The van der Waals surface area contributed by atoms with Gasteiger partial charge < -0.3 is 14.4 Å². The minimum Gasteiger partial charge on any atom is -0.506 e. The van der Waals surface area contributed by atoms with Crippen LogP contribution in [0.1, 0.15) is 29.7 Å². The van der Waals surface area contributed by atoms with E-state index in [0.29, 0.717) is 17.3 Å². The van der Waals surface area contributed by atoms with Crippen LogP contribution in [0.4, 0.5) is 0 Å². The number of piperidine rings is 1. The quantitative estimate of drug-likeness (QED) is 0.368. The predicted octanol–water partition coefficient (Wildman–Crippen LogP) is 6.40. The van der Waals surface area contributed by atoms with Crippen molar-refractivity contribution in [3.8, 4) is 16.9 Å². The summed E-state index contributed by atoms with van der Waals surface area (Å²) in [6, 6.07) is 15.0. The molecule has 1 amide bonds. The zero-order valence-corrected chi connectivity index (χ0v) is 19.1. The number of thiophene rings is 1. The zero-order valence-electron chi connectivity index (χ0n) is 17.6. The summed E-state index contributed by atoms with van der Waals surface area (Å²) in [5.41, 5.74) is 2.89. The number of benzene rings is 2. The highest BCUT2D eigenvalue weighted by Gasteiger charge is 2.49. The van der Waals surface area contributed by atoms with Crippen LogP contribution in [0, 0.1) is 5.41 Å². The van der Waals surface area contributed by atoms with Gasteiger partial charge in [-0.25, -0.2) is 0 Å². The molecule has 2 atom stereocenters. The Balaban J connectivity index is 1.62. The number of phenols is 1. The van der Waals surface area contributed by atoms with Crippen molar-refractivity contribution in [1.82, 2.24) is 4.90 Å². The Hall–Kier alpha value is -3.09. The van der Waals surface area contributed by atoms with Gasteiger partial charge in [0.2, 0.25) is 5.91 Å². The van der Waals surface area contributed by atoms with Crippen molar-refractivity contribution in [3.05, 3.63) is 75.6 Å². The number of hydrogen-bond donors (Lipinski definition) is 2. The molecule has 5 nitrogen and oxygen atoms in total. The van der Waals surface area contributed by atoms with Crippen molar-refractivity contribution in [1.29, 1.82) is 5.41 Å². The smallest absolute Gasteiger partial charge is 0.236 e. The molecule has 2 aromatic heterocycles. The highest BCUT2D eigenvalue weighted by Crippen LogP contribution is 2.49. The van der Waals surface area contributed by atoms with Gasteiger partial charge in [-0.15, -0.1) is 11.3 Å². The number of hydrogen-bond acceptors (Lipinski definition) is 5. The highest BCUT2D eigenvalue weighted by atomic mass is 35.5. The van der Waals surface area contributed by atoms with Crippen LogP contribution in [-0.4, -0.2) is 28.8 Å². The van der Waals surface area contributed by atoms with Crippen molar-refractivity contribution in [2.45, 2.75) is 24.7 Å². The summed E-state index contributed by atoms with van der Waals surface area (Å²) in [4.78, 5) is 16.0. The van der Waals surface area contributed by atoms with Gasteiger partial charge in [0.1, 0.15) is 17.2 Å². The number of nitrogens with zero attached hydrogens (tertiary/aromatic N) is 1. The molecule has 1 aliphatic heterocycles. The first-order valence-corrected chi connectivity index (χ1v) is 11.4. The summed E-state index contributed by atoms with van der Waals surface area (Å²) in [6.45, 7) is 2.06. The molecular weight excluding hydrogens is 444 g/mol. The Morgan fingerprint density at radius 3 is 2.78 bits per heavy atom. The van der Waals surface area contributed by atoms with E-state index in [-0.39, 0.29) is 11.7 Å². The molecule has 5 rings (SSSR count). The molecule has 0 radical (unpaired) electrons. The topological polar surface area (TPSA) is 77.5 Å². The number of furan rings is 1. The molecule has 2 N–H and O–H groups in total. The van der Waals surface area contributed by atoms with Crippen molar-refractivity contribution in [2.75, 3.05) is 7.05 Å². The number of likely N-dealkylation sites (N-methyl/N-ethyl adjacent to an activating group) is 1. The number of carbonyl (C=O) groups is 1. The van der Waals surface area contributed by atoms with Gasteiger partial charge in [0.05, 0.1) is 17.2 Å². The van der Waals surface area contributed by atoms with Crippen molar-refractivity contribution >= 4 is 45.6 Å². The Morgan fingerprint density at radius 1 is 1.19 bits per heavy atom. The Morgan fingerprint density at radius 2 is 2.00 bits per heavy atom. The molecule has 0 saturated carbocycles. The normalized spacial score (nSPS) is 21.5. The molecule has 3 heterocycles. The number of amidine groups is 1. The van der Waals surface area contributed by atoms with Crippen LogP contribution in [0.15, 0.2) is 64.6 Å². The van der Waals surface area contributed by atoms with Gasteiger partial charge in [0.25, 0.3) is 0 Å². The van der Waals surface area contributed by atoms with Crippen LogP contribution in [-0.2, 0) is 10.2 Å². The summed E-state index contributed by atoms with van der Waals surface area (Å²) in [5.74, 6) is -0.195. The standard InChI is InChI=1S/C25H21ClN2O3S/c1-25(21-11-17(13-32-21)14-3-5-18(26)19(29)10-14)12-22(27)28(2)24(30)23(25)16-4-6-20-15(9-16)7-8-31-20/h3-11,13,23,27,29H,12H2,1-2H3/t23-,25+/m0/s1. The number of nitrogens with one attached hydrogen (secondary N) is 1. The molecule has 162 valence electrons. The summed E-state index contributed by atoms with van der Waals surface area (Å²) in [6.07, 6.45) is 2.08. The Bertz CT molecular complexity index is 1370. The molecule has 0 spiro atoms. The first-order valence-electron chi connectivity index (χ1n) is 10.2. The van der Waals surface area contributed by atoms with Crippen molar-refractivity contribution < 1.29 is 14.3 Å². The van der Waals surface area contributed by atoms with Gasteiger partial charge in [-0.1, -0.05) is 30.7 Å². The number of fused-ring (bicyclic) bond motifs is 1. The maximum atomic E-state index is 13.5. The molecule has 1 saturated heterocycles. The lowest BCUT2D eigenvalue weighted by Gasteiger charge is -2.44. The number of carbonyl (C=O) groups excluding carboxylic acids is 1. The highest BCUT2D eigenvalue weighted by molar-refractivity contribution is 7.10. The van der Waals surface area contributed by atoms with E-state index in [4.69, 9.17) is 21.4 Å². The lowest BCUT2D eigenvalue weighted by atomic mass is 9.67. The number of aromatic hydroxyl groups is 1. The largest absolute Gasteiger partial charge is 0.506 e. The molecule has 1 fully saturated rings. The van der Waals surface area contributed by atoms with E-state index in [1.165, 1.54) is 4.90 Å². The van der Waals surface area contributed by atoms with Crippen LogP contribution in [0.3, 0.4) is 0 Å². The van der Waals surface area contributed by atoms with Crippen LogP contribution in [0.2, 0.25) is 5.02 Å². The average Bonchev–Trinajstić information content (AvgIpc) is 3.44. The zero-order chi connectivity index (χ0) is 22.6. The second-order valence-electron chi connectivity index (χ2n) is 8.45. The van der Waals surface area contributed by atoms with Gasteiger partial charge in [0.15, 0.2) is 0 Å². The second kappa shape index (κ2) is 7.50. The Labute approximate surface area is 194 Å². The summed E-state index contributed by atoms with van der Waals surface area (Å²) in [5, 5.41) is 21.7. The molecule has 0 unspecified atom stereocenters. The third-order valence-electron chi connectivity index (χ3n) is 6.41. The fourth-order valence-corrected chi connectivity index (χ4v) is 5.78. The van der Waals surface area contributed by atoms with E-state index in [9.17, 15) is 9.90 Å². The van der Waals surface area contributed by atoms with E-state index in [2.05, 4.69) is 13.0 Å². The first-order chi connectivity index (χ1) is 15.3. The SMILES string of the molecule is CN1C(=N)C[C@](C)(c2cc(-c3ccc(Cl)c(O)c3)cs2)[C@@H](c2ccc3occc3c2)C1=O. The molecule has 1 aliphatic rings. The van der Waals surface area contributed by atoms with Crippen LogP contribution >= 0.6 is 22.9 Å². The molecular formula is C25H21ClN2O3S. The summed E-state index contributed by atoms with van der Waals surface area (Å²) >= 11 is 7.53. The second-order valence-corrected chi connectivity index (χ2v) is 9.77. The number of phenolic OH excluding ortho intramolecular Hbond substituents is 1. The van der Waals surface area contributed by atoms with E-state index in [1.807, 2.05) is 35.7 Å². The molecule has 32 heavy (non-hydrogen) atoms. The first kappa shape index (κ1) is 20.8. The Kier molecular flexibility index (Phi) is 4.87. The minimum atomic E-state index is -0.588. The molecule has 2 aromatic carbocycles. The third kappa shape index (κ3) is 3.22. The lowest BCUT2D eigenvalue weighted by Crippen LogP contribution is -2.51. The van der Waals surface area contributed by atoms with Gasteiger partial charge >= 0.3 is 0 Å². The molecule has 0 aliphatic carbocycles. The van der Waals surface area contributed by atoms with E-state index in [1.54, 1.807) is 36.8 Å². The number of amides is 1. The van der Waals surface area contributed by atoms with Gasteiger partial charge in [-0.3, -0.25) is 10.2 Å². The van der Waals surface area contributed by atoms with Crippen molar-refractivity contribution in [2.24, 2.45) is 0 Å². The minimum absolute atomic E-state index is 0.0330. The fourth-order valence-electron chi connectivity index (χ4n) is 4.55. The molecule has 7 heteroatoms. The van der Waals surface area contributed by atoms with E-state index in [0.717, 1.165) is 32.5 Å². The number of halogens is 1. The monoisotopic (exact) mass is 464 g/mol. The van der Waals surface area contributed by atoms with Gasteiger partial charge in [-0.05, 0) is 58.5 Å². The van der Waals surface area contributed by atoms with E-state index >= 15 is 0 Å².